The summed E-state index contributed by atoms with van der Waals surface area (Å²) in [5.74, 6) is 0. The first-order valence-corrected chi connectivity index (χ1v) is 6.22. The zero-order valence-corrected chi connectivity index (χ0v) is 8.96. The fraction of sp³-hybridized carbons (Fsp3) is 1.00. The molecule has 0 aromatic rings. The smallest absolute Gasteiger partial charge is 0.284 e. The van der Waals surface area contributed by atoms with Crippen LogP contribution >= 0.6 is 0 Å². The van der Waals surface area contributed by atoms with E-state index in [1.807, 2.05) is 0 Å². The highest BCUT2D eigenvalue weighted by atomic mass is 32.2. The van der Waals surface area contributed by atoms with Crippen molar-refractivity contribution < 1.29 is 25.9 Å². The molecule has 84 valence electrons. The monoisotopic (exact) mass is 244 g/mol. The number of hydrogen-bond acceptors (Lipinski definition) is 4. The van der Waals surface area contributed by atoms with E-state index in [0.717, 1.165) is 12.8 Å². The largest absolute Gasteiger partial charge is 0.302 e. The molecule has 0 saturated heterocycles. The summed E-state index contributed by atoms with van der Waals surface area (Å²) in [7, 11) is 0. The molecular weight excluding hydrogens is 232 g/mol. The van der Waals surface area contributed by atoms with Gasteiger partial charge in [0.25, 0.3) is 0 Å². The molecule has 4 atom stereocenters. The summed E-state index contributed by atoms with van der Waals surface area (Å²) in [6, 6.07) is 0. The molecule has 1 fully saturated rings. The molecule has 2 N–H and O–H groups in total. The van der Waals surface area contributed by atoms with Crippen molar-refractivity contribution in [1.82, 2.24) is 0 Å². The lowest BCUT2D eigenvalue weighted by Gasteiger charge is -2.27. The molecular formula is C6H12O6S2. The summed E-state index contributed by atoms with van der Waals surface area (Å²) in [6.07, 6.45) is 1.69. The Labute approximate surface area is 87.0 Å². The lowest BCUT2D eigenvalue weighted by Crippen LogP contribution is -2.35. The molecule has 1 rings (SSSR count). The molecule has 4 unspecified atom stereocenters. The Kier molecular flexibility index (Phi) is 5.13. The van der Waals surface area contributed by atoms with Crippen LogP contribution < -0.4 is 0 Å². The third-order valence-corrected chi connectivity index (χ3v) is 2.88. The summed E-state index contributed by atoms with van der Waals surface area (Å²) < 4.78 is 47.1. The fourth-order valence-corrected chi connectivity index (χ4v) is 2.36. The van der Waals surface area contributed by atoms with Gasteiger partial charge < -0.3 is 0 Å². The highest BCUT2D eigenvalue weighted by molar-refractivity contribution is 7.74. The Morgan fingerprint density at radius 2 is 1.29 bits per heavy atom. The topological polar surface area (TPSA) is 93.1 Å². The fourth-order valence-electron chi connectivity index (χ4n) is 1.49. The lowest BCUT2D eigenvalue weighted by molar-refractivity contribution is 0.0290. The van der Waals surface area contributed by atoms with Crippen LogP contribution in [-0.2, 0) is 31.1 Å². The van der Waals surface area contributed by atoms with Crippen molar-refractivity contribution in [3.05, 3.63) is 0 Å². The van der Waals surface area contributed by atoms with Gasteiger partial charge in [-0.15, -0.1) is 0 Å². The average molecular weight is 244 g/mol. The van der Waals surface area contributed by atoms with Crippen LogP contribution in [-0.4, -0.2) is 29.7 Å². The number of hydrogen-bond donors (Lipinski definition) is 2. The molecule has 8 heteroatoms. The SMILES string of the molecule is O=S(O)OC1CCCCC1OS(=O)O. The molecule has 1 aliphatic carbocycles. The van der Waals surface area contributed by atoms with Crippen LogP contribution in [0.1, 0.15) is 25.7 Å². The Morgan fingerprint density at radius 3 is 1.57 bits per heavy atom. The van der Waals surface area contributed by atoms with Crippen LogP contribution in [0.2, 0.25) is 0 Å². The summed E-state index contributed by atoms with van der Waals surface area (Å²) >= 11 is -4.72. The average Bonchev–Trinajstić information content (AvgIpc) is 2.06. The van der Waals surface area contributed by atoms with Crippen LogP contribution in [0.25, 0.3) is 0 Å². The Hall–Kier alpha value is 0.140. The molecule has 0 amide bonds. The van der Waals surface area contributed by atoms with E-state index in [2.05, 4.69) is 8.37 Å². The van der Waals surface area contributed by atoms with Crippen LogP contribution in [0, 0.1) is 0 Å². The highest BCUT2D eigenvalue weighted by Crippen LogP contribution is 2.24. The van der Waals surface area contributed by atoms with Gasteiger partial charge in [-0.25, -0.2) is 0 Å². The van der Waals surface area contributed by atoms with Crippen LogP contribution in [0.5, 0.6) is 0 Å². The minimum atomic E-state index is -2.36. The molecule has 0 bridgehead atoms. The van der Waals surface area contributed by atoms with E-state index in [9.17, 15) is 8.42 Å². The van der Waals surface area contributed by atoms with E-state index >= 15 is 0 Å². The van der Waals surface area contributed by atoms with Gasteiger partial charge in [-0.2, -0.15) is 8.42 Å². The highest BCUT2D eigenvalue weighted by Gasteiger charge is 2.30. The molecule has 0 spiro atoms. The molecule has 0 heterocycles. The van der Waals surface area contributed by atoms with E-state index < -0.39 is 34.9 Å². The number of rotatable bonds is 4. The zero-order chi connectivity index (χ0) is 10.6. The first-order valence-electron chi connectivity index (χ1n) is 4.15. The maximum atomic E-state index is 10.4. The van der Waals surface area contributed by atoms with Gasteiger partial charge >= 0.3 is 22.7 Å². The molecule has 1 saturated carbocycles. The quantitative estimate of drug-likeness (QED) is 0.704. The van der Waals surface area contributed by atoms with Crippen molar-refractivity contribution in [3.8, 4) is 0 Å². The van der Waals surface area contributed by atoms with Crippen molar-refractivity contribution in [2.45, 2.75) is 37.9 Å². The van der Waals surface area contributed by atoms with E-state index in [1.54, 1.807) is 0 Å². The minimum Gasteiger partial charge on any atom is -0.284 e. The van der Waals surface area contributed by atoms with Gasteiger partial charge in [-0.3, -0.25) is 17.5 Å². The Balaban J connectivity index is 2.49. The minimum absolute atomic E-state index is 0.564. The van der Waals surface area contributed by atoms with Gasteiger partial charge in [-0.05, 0) is 12.8 Å². The van der Waals surface area contributed by atoms with E-state index in [0.29, 0.717) is 12.8 Å². The summed E-state index contributed by atoms with van der Waals surface area (Å²) in [5, 5.41) is 0. The van der Waals surface area contributed by atoms with Crippen molar-refractivity contribution >= 4 is 22.7 Å². The van der Waals surface area contributed by atoms with Gasteiger partial charge in [0.1, 0.15) is 12.2 Å². The van der Waals surface area contributed by atoms with Gasteiger partial charge in [-0.1, -0.05) is 12.8 Å². The zero-order valence-electron chi connectivity index (χ0n) is 7.33. The van der Waals surface area contributed by atoms with Gasteiger partial charge in [0.15, 0.2) is 0 Å². The molecule has 0 radical (unpaired) electrons. The van der Waals surface area contributed by atoms with Crippen molar-refractivity contribution in [1.29, 1.82) is 0 Å². The molecule has 0 aromatic heterocycles. The summed E-state index contributed by atoms with van der Waals surface area (Å²) in [4.78, 5) is 0. The van der Waals surface area contributed by atoms with Gasteiger partial charge in [0, 0.05) is 0 Å². The second-order valence-corrected chi connectivity index (χ2v) is 4.24. The summed E-state index contributed by atoms with van der Waals surface area (Å²) in [6.45, 7) is 0. The predicted octanol–water partition coefficient (Wildman–Crippen LogP) is 0.604. The van der Waals surface area contributed by atoms with Crippen molar-refractivity contribution in [3.63, 3.8) is 0 Å². The van der Waals surface area contributed by atoms with Crippen molar-refractivity contribution in [2.24, 2.45) is 0 Å². The van der Waals surface area contributed by atoms with Crippen LogP contribution in [0.4, 0.5) is 0 Å². The van der Waals surface area contributed by atoms with Gasteiger partial charge in [0.05, 0.1) is 0 Å². The first-order chi connectivity index (χ1) is 6.59. The Bertz CT molecular complexity index is 208. The van der Waals surface area contributed by atoms with E-state index in [1.165, 1.54) is 0 Å². The maximum Gasteiger partial charge on any atom is 0.302 e. The van der Waals surface area contributed by atoms with E-state index in [4.69, 9.17) is 9.11 Å². The molecule has 6 nitrogen and oxygen atoms in total. The van der Waals surface area contributed by atoms with Crippen molar-refractivity contribution in [2.75, 3.05) is 0 Å². The first kappa shape index (κ1) is 12.2. The molecule has 0 aliphatic heterocycles. The summed E-state index contributed by atoms with van der Waals surface area (Å²) in [5.41, 5.74) is 0. The normalized spacial score (nSPS) is 32.4. The molecule has 1 aliphatic rings. The van der Waals surface area contributed by atoms with Crippen LogP contribution in [0.3, 0.4) is 0 Å². The second-order valence-electron chi connectivity index (χ2n) is 2.99. The second kappa shape index (κ2) is 5.89. The lowest BCUT2D eigenvalue weighted by atomic mass is 9.95. The predicted molar refractivity (Wildman–Crippen MR) is 49.8 cm³/mol. The van der Waals surface area contributed by atoms with E-state index in [-0.39, 0.29) is 0 Å². The van der Waals surface area contributed by atoms with Crippen LogP contribution in [0.15, 0.2) is 0 Å². The third-order valence-electron chi connectivity index (χ3n) is 2.05. The third kappa shape index (κ3) is 4.11. The Morgan fingerprint density at radius 1 is 0.929 bits per heavy atom. The maximum absolute atomic E-state index is 10.4. The standard InChI is InChI=1S/C6H12O6S2/c7-13(8)11-5-3-1-2-4-6(5)12-14(9)10/h5-6H,1-4H2,(H,7,8)(H,9,10). The van der Waals surface area contributed by atoms with Gasteiger partial charge in [0.2, 0.25) is 0 Å². The molecule has 0 aromatic carbocycles. The molecule has 14 heavy (non-hydrogen) atoms.